The van der Waals surface area contributed by atoms with Crippen LogP contribution in [0.4, 0.5) is 17.1 Å². The number of anilines is 1. The highest BCUT2D eigenvalue weighted by molar-refractivity contribution is 5.52. The van der Waals surface area contributed by atoms with Crippen LogP contribution in [0.25, 0.3) is 0 Å². The first-order valence-corrected chi connectivity index (χ1v) is 6.85. The molecule has 0 spiro atoms. The zero-order valence-electron chi connectivity index (χ0n) is 12.3. The van der Waals surface area contributed by atoms with E-state index in [1.165, 1.54) is 5.56 Å². The van der Waals surface area contributed by atoms with E-state index in [-0.39, 0.29) is 0 Å². The molecule has 4 nitrogen and oxygen atoms in total. The smallest absolute Gasteiger partial charge is 0.0859 e. The molecular weight excluding hydrogens is 260 g/mol. The van der Waals surface area contributed by atoms with Gasteiger partial charge < -0.3 is 4.90 Å². The third-order valence-corrected chi connectivity index (χ3v) is 3.13. The first-order chi connectivity index (χ1) is 10.2. The van der Waals surface area contributed by atoms with Gasteiger partial charge in [0, 0.05) is 19.3 Å². The van der Waals surface area contributed by atoms with Gasteiger partial charge >= 0.3 is 0 Å². The fourth-order valence-electron chi connectivity index (χ4n) is 1.93. The first-order valence-electron chi connectivity index (χ1n) is 6.85. The fourth-order valence-corrected chi connectivity index (χ4v) is 1.93. The zero-order chi connectivity index (χ0) is 15.1. The first kappa shape index (κ1) is 14.7. The van der Waals surface area contributed by atoms with E-state index in [9.17, 15) is 0 Å². The minimum atomic E-state index is 0.519. The summed E-state index contributed by atoms with van der Waals surface area (Å²) < 4.78 is 0. The lowest BCUT2D eigenvalue weighted by Crippen LogP contribution is -2.17. The zero-order valence-corrected chi connectivity index (χ0v) is 12.3. The maximum Gasteiger partial charge on any atom is 0.0859 e. The minimum absolute atomic E-state index is 0.519. The molecule has 2 rings (SSSR count). The number of rotatable bonds is 5. The average molecular weight is 278 g/mol. The number of nitrogens with zero attached hydrogens (tertiary/aromatic N) is 4. The molecule has 0 aliphatic heterocycles. The molecule has 0 aromatic heterocycles. The Hall–Kier alpha value is -2.67. The summed E-state index contributed by atoms with van der Waals surface area (Å²) in [6.45, 7) is 2.76. The molecule has 4 heteroatoms. The second-order valence-electron chi connectivity index (χ2n) is 4.89. The van der Waals surface area contributed by atoms with Crippen LogP contribution in [0.2, 0.25) is 0 Å². The lowest BCUT2D eigenvalue weighted by Gasteiger charge is -2.17. The molecule has 2 aromatic rings. The molecule has 0 aliphatic rings. The number of nitriles is 1. The molecule has 21 heavy (non-hydrogen) atoms. The van der Waals surface area contributed by atoms with E-state index in [1.807, 2.05) is 67.4 Å². The van der Waals surface area contributed by atoms with Crippen molar-refractivity contribution in [3.8, 4) is 6.07 Å². The molecule has 0 fully saturated rings. The summed E-state index contributed by atoms with van der Waals surface area (Å²) in [7, 11) is 1.97. The lowest BCUT2D eigenvalue weighted by atomic mass is 10.2. The summed E-state index contributed by atoms with van der Waals surface area (Å²) in [5.74, 6) is 0. The van der Waals surface area contributed by atoms with Gasteiger partial charge in [0.15, 0.2) is 0 Å². The van der Waals surface area contributed by atoms with Crippen LogP contribution < -0.4 is 4.90 Å². The molecule has 0 N–H and O–H groups in total. The summed E-state index contributed by atoms with van der Waals surface area (Å²) >= 11 is 0. The van der Waals surface area contributed by atoms with E-state index in [1.54, 1.807) is 0 Å². The number of aryl methyl sites for hydroxylation is 1. The van der Waals surface area contributed by atoms with Crippen LogP contribution in [0.5, 0.6) is 0 Å². The van der Waals surface area contributed by atoms with Gasteiger partial charge in [0.25, 0.3) is 0 Å². The van der Waals surface area contributed by atoms with Crippen LogP contribution in [0.15, 0.2) is 58.8 Å². The van der Waals surface area contributed by atoms with Crippen molar-refractivity contribution in [2.24, 2.45) is 10.2 Å². The topological polar surface area (TPSA) is 51.8 Å². The third kappa shape index (κ3) is 4.43. The Balaban J connectivity index is 2.04. The van der Waals surface area contributed by atoms with E-state index < -0.39 is 0 Å². The number of hydrogen-bond donors (Lipinski definition) is 0. The second-order valence-corrected chi connectivity index (χ2v) is 4.89. The summed E-state index contributed by atoms with van der Waals surface area (Å²) in [4.78, 5) is 2.05. The van der Waals surface area contributed by atoms with Crippen LogP contribution >= 0.6 is 0 Å². The van der Waals surface area contributed by atoms with E-state index in [0.29, 0.717) is 6.42 Å². The second kappa shape index (κ2) is 7.20. The Morgan fingerprint density at radius 2 is 1.76 bits per heavy atom. The monoisotopic (exact) mass is 278 g/mol. The molecular formula is C17H18N4. The molecule has 106 valence electrons. The molecule has 2 aromatic carbocycles. The van der Waals surface area contributed by atoms with Crippen molar-refractivity contribution in [1.29, 1.82) is 5.26 Å². The van der Waals surface area contributed by atoms with E-state index in [4.69, 9.17) is 5.26 Å². The van der Waals surface area contributed by atoms with Gasteiger partial charge in [-0.05, 0) is 48.9 Å². The maximum absolute atomic E-state index is 8.60. The highest BCUT2D eigenvalue weighted by Crippen LogP contribution is 2.22. The highest BCUT2D eigenvalue weighted by atomic mass is 15.1. The molecule has 0 heterocycles. The average Bonchev–Trinajstić information content (AvgIpc) is 2.51. The molecule has 0 saturated carbocycles. The number of azo groups is 1. The standard InChI is InChI=1S/C17H18N4/c1-14-5-3-6-16(13-14)20-19-15-7-9-17(10-8-15)21(2)12-4-11-18/h3,5-10,13H,4,12H2,1-2H3. The van der Waals surface area contributed by atoms with Crippen molar-refractivity contribution in [3.05, 3.63) is 54.1 Å². The summed E-state index contributed by atoms with van der Waals surface area (Å²) in [5.41, 5.74) is 3.90. The van der Waals surface area contributed by atoms with E-state index in [0.717, 1.165) is 23.6 Å². The van der Waals surface area contributed by atoms with Gasteiger partial charge in [-0.2, -0.15) is 15.5 Å². The minimum Gasteiger partial charge on any atom is -0.374 e. The highest BCUT2D eigenvalue weighted by Gasteiger charge is 2.00. The van der Waals surface area contributed by atoms with E-state index >= 15 is 0 Å². The molecule has 0 radical (unpaired) electrons. The molecule has 0 unspecified atom stereocenters. The van der Waals surface area contributed by atoms with Gasteiger partial charge in [-0.3, -0.25) is 0 Å². The van der Waals surface area contributed by atoms with Crippen molar-refractivity contribution < 1.29 is 0 Å². The van der Waals surface area contributed by atoms with Crippen molar-refractivity contribution >= 4 is 17.1 Å². The molecule has 0 bridgehead atoms. The largest absolute Gasteiger partial charge is 0.374 e. The van der Waals surface area contributed by atoms with Gasteiger partial charge in [-0.15, -0.1) is 0 Å². The van der Waals surface area contributed by atoms with Gasteiger partial charge in [-0.25, -0.2) is 0 Å². The van der Waals surface area contributed by atoms with Crippen LogP contribution in [-0.4, -0.2) is 13.6 Å². The maximum atomic E-state index is 8.60. The molecule has 0 amide bonds. The number of hydrogen-bond acceptors (Lipinski definition) is 4. The SMILES string of the molecule is Cc1cccc(N=Nc2ccc(N(C)CCC#N)cc2)c1. The lowest BCUT2D eigenvalue weighted by molar-refractivity contribution is 0.905. The van der Waals surface area contributed by atoms with Gasteiger partial charge in [-0.1, -0.05) is 12.1 Å². The van der Waals surface area contributed by atoms with Crippen molar-refractivity contribution in [2.75, 3.05) is 18.5 Å². The van der Waals surface area contributed by atoms with Gasteiger partial charge in [0.1, 0.15) is 0 Å². The fraction of sp³-hybridized carbons (Fsp3) is 0.235. The Morgan fingerprint density at radius 1 is 1.05 bits per heavy atom. The summed E-state index contributed by atoms with van der Waals surface area (Å²) in [6, 6.07) is 17.9. The van der Waals surface area contributed by atoms with Crippen molar-refractivity contribution in [3.63, 3.8) is 0 Å². The quantitative estimate of drug-likeness (QED) is 0.740. The van der Waals surface area contributed by atoms with Gasteiger partial charge in [0.05, 0.1) is 23.9 Å². The molecule has 0 aliphatic carbocycles. The summed E-state index contributed by atoms with van der Waals surface area (Å²) in [6.07, 6.45) is 0.519. The van der Waals surface area contributed by atoms with Crippen LogP contribution in [0.1, 0.15) is 12.0 Å². The summed E-state index contributed by atoms with van der Waals surface area (Å²) in [5, 5.41) is 17.1. The molecule has 0 saturated heterocycles. The van der Waals surface area contributed by atoms with E-state index in [2.05, 4.69) is 16.3 Å². The molecule has 0 atom stereocenters. The number of benzene rings is 2. The third-order valence-electron chi connectivity index (χ3n) is 3.13. The Kier molecular flexibility index (Phi) is 5.05. The van der Waals surface area contributed by atoms with Gasteiger partial charge in [0.2, 0.25) is 0 Å². The van der Waals surface area contributed by atoms with Crippen LogP contribution in [0.3, 0.4) is 0 Å². The van der Waals surface area contributed by atoms with Crippen molar-refractivity contribution in [1.82, 2.24) is 0 Å². The Morgan fingerprint density at radius 3 is 2.43 bits per heavy atom. The predicted molar refractivity (Wildman–Crippen MR) is 85.3 cm³/mol. The van der Waals surface area contributed by atoms with Crippen LogP contribution in [-0.2, 0) is 0 Å². The normalized spacial score (nSPS) is 10.5. The predicted octanol–water partition coefficient (Wildman–Crippen LogP) is 4.76. The van der Waals surface area contributed by atoms with Crippen LogP contribution in [0, 0.1) is 18.3 Å². The Labute approximate surface area is 125 Å². The van der Waals surface area contributed by atoms with Crippen molar-refractivity contribution in [2.45, 2.75) is 13.3 Å². The Bertz CT molecular complexity index is 653.